The Hall–Kier alpha value is -1.82. The number of benzene rings is 3. The van der Waals surface area contributed by atoms with Crippen molar-refractivity contribution in [2.75, 3.05) is 13.1 Å². The van der Waals surface area contributed by atoms with Crippen molar-refractivity contribution >= 4 is 43.7 Å². The van der Waals surface area contributed by atoms with E-state index in [0.29, 0.717) is 0 Å². The van der Waals surface area contributed by atoms with Gasteiger partial charge in [-0.15, -0.1) is 0 Å². The Labute approximate surface area is 217 Å². The first kappa shape index (κ1) is 25.3. The van der Waals surface area contributed by atoms with Gasteiger partial charge in [-0.2, -0.15) is 0 Å². The highest BCUT2D eigenvalue weighted by molar-refractivity contribution is 9.10. The Morgan fingerprint density at radius 1 is 1.03 bits per heavy atom. The highest BCUT2D eigenvalue weighted by Crippen LogP contribution is 2.31. The van der Waals surface area contributed by atoms with Gasteiger partial charge < -0.3 is 4.90 Å². The van der Waals surface area contributed by atoms with Crippen LogP contribution in [0.1, 0.15) is 51.2 Å². The molecular weight excluding hydrogens is 504 g/mol. The van der Waals surface area contributed by atoms with Crippen molar-refractivity contribution in [3.8, 4) is 0 Å². The minimum Gasteiger partial charge on any atom is -0.329 e. The van der Waals surface area contributed by atoms with Gasteiger partial charge in [0.05, 0.1) is 0 Å². The number of thioether (sulfide) groups is 1. The molecule has 3 nitrogen and oxygen atoms in total. The van der Waals surface area contributed by atoms with Crippen LogP contribution in [-0.2, 0) is 13.1 Å². The smallest absolute Gasteiger partial charge is 0.282 e. The monoisotopic (exact) mass is 538 g/mol. The normalized spacial score (nSPS) is 16.9. The van der Waals surface area contributed by atoms with Gasteiger partial charge in [-0.25, -0.2) is 0 Å². The minimum atomic E-state index is -0.0714. The molecule has 0 saturated carbocycles. The summed E-state index contributed by atoms with van der Waals surface area (Å²) in [5.41, 5.74) is 2.62. The van der Waals surface area contributed by atoms with Gasteiger partial charge in [0.15, 0.2) is 0 Å². The number of carbonyl (C=O) groups excluding carboxylic acids is 1. The molecule has 1 saturated heterocycles. The quantitative estimate of drug-likeness (QED) is 0.316. The van der Waals surface area contributed by atoms with Gasteiger partial charge in [0.25, 0.3) is 5.24 Å². The molecule has 0 aliphatic carbocycles. The Morgan fingerprint density at radius 2 is 1.79 bits per heavy atom. The molecule has 1 heterocycles. The van der Waals surface area contributed by atoms with Gasteiger partial charge in [-0.05, 0) is 53.3 Å². The third-order valence-corrected chi connectivity index (χ3v) is 7.81. The van der Waals surface area contributed by atoms with Gasteiger partial charge in [-0.3, -0.25) is 9.69 Å². The van der Waals surface area contributed by atoms with E-state index in [-0.39, 0.29) is 16.0 Å². The Balaban J connectivity index is 1.59. The lowest BCUT2D eigenvalue weighted by Crippen LogP contribution is -2.48. The largest absolute Gasteiger partial charge is 0.329 e. The van der Waals surface area contributed by atoms with Crippen LogP contribution in [-0.4, -0.2) is 38.9 Å². The molecular formula is C29H35BrN2OS. The second kappa shape index (κ2) is 11.3. The van der Waals surface area contributed by atoms with Crippen molar-refractivity contribution in [1.29, 1.82) is 0 Å². The number of carbonyl (C=O) groups is 1. The molecule has 3 aromatic carbocycles. The number of rotatable bonds is 6. The number of halogens is 1. The molecule has 0 radical (unpaired) electrons. The number of hydrogen-bond donors (Lipinski definition) is 0. The third kappa shape index (κ3) is 6.87. The first-order valence-corrected chi connectivity index (χ1v) is 13.8. The molecule has 1 fully saturated rings. The Kier molecular flexibility index (Phi) is 8.39. The molecule has 0 spiro atoms. The van der Waals surface area contributed by atoms with Gasteiger partial charge in [-0.1, -0.05) is 103 Å². The van der Waals surface area contributed by atoms with Crippen LogP contribution in [0.2, 0.25) is 0 Å². The van der Waals surface area contributed by atoms with Crippen LogP contribution < -0.4 is 0 Å². The highest BCUT2D eigenvalue weighted by Gasteiger charge is 2.31. The fraction of sp³-hybridized carbons (Fsp3) is 0.414. The molecule has 1 atom stereocenters. The summed E-state index contributed by atoms with van der Waals surface area (Å²) in [6.07, 6.45) is 3.36. The lowest BCUT2D eigenvalue weighted by molar-refractivity contribution is 0.127. The number of hydrogen-bond acceptors (Lipinski definition) is 3. The van der Waals surface area contributed by atoms with E-state index in [0.717, 1.165) is 43.5 Å². The molecule has 0 N–H and O–H groups in total. The van der Waals surface area contributed by atoms with Crippen molar-refractivity contribution < 1.29 is 4.79 Å². The van der Waals surface area contributed by atoms with Crippen LogP contribution in [0.15, 0.2) is 71.2 Å². The zero-order valence-corrected chi connectivity index (χ0v) is 22.9. The van der Waals surface area contributed by atoms with E-state index in [2.05, 4.69) is 113 Å². The van der Waals surface area contributed by atoms with E-state index in [4.69, 9.17) is 0 Å². The Morgan fingerprint density at radius 3 is 2.59 bits per heavy atom. The average Bonchev–Trinajstić information content (AvgIpc) is 2.78. The summed E-state index contributed by atoms with van der Waals surface area (Å²) in [5, 5.41) is 2.81. The molecule has 1 aliphatic rings. The van der Waals surface area contributed by atoms with Crippen LogP contribution >= 0.6 is 27.7 Å². The zero-order valence-electron chi connectivity index (χ0n) is 20.5. The van der Waals surface area contributed by atoms with Crippen molar-refractivity contribution in [2.45, 2.75) is 63.9 Å². The first-order chi connectivity index (χ1) is 16.3. The average molecular weight is 540 g/mol. The molecule has 1 aliphatic heterocycles. The SMILES string of the molecule is CC(C)(C)SC(=O)N1CCCCC1CN(Cc1cccc(Br)c1)Cc1cccc2ccccc12. The Bertz CT molecular complexity index is 1120. The molecule has 3 aromatic rings. The number of piperidine rings is 1. The van der Waals surface area contributed by atoms with Crippen molar-refractivity contribution in [1.82, 2.24) is 9.80 Å². The van der Waals surface area contributed by atoms with Crippen LogP contribution in [0.5, 0.6) is 0 Å². The van der Waals surface area contributed by atoms with E-state index in [1.165, 1.54) is 40.1 Å². The number of amides is 1. The number of fused-ring (bicyclic) bond motifs is 1. The van der Waals surface area contributed by atoms with Crippen molar-refractivity contribution in [3.05, 3.63) is 82.3 Å². The molecule has 5 heteroatoms. The van der Waals surface area contributed by atoms with Gasteiger partial charge in [0, 0.05) is 41.4 Å². The molecule has 1 amide bonds. The highest BCUT2D eigenvalue weighted by atomic mass is 79.9. The van der Waals surface area contributed by atoms with E-state index >= 15 is 0 Å². The second-order valence-corrected chi connectivity index (χ2v) is 13.0. The molecule has 0 aromatic heterocycles. The fourth-order valence-corrected chi connectivity index (χ4v) is 6.13. The lowest BCUT2D eigenvalue weighted by atomic mass is 10.0. The number of likely N-dealkylation sites (tertiary alicyclic amines) is 1. The standard InChI is InChI=1S/C29H35BrN2OS/c1-29(2,3)34-28(33)32-17-7-6-15-26(32)21-31(19-22-10-8-14-25(30)18-22)20-24-13-9-12-23-11-4-5-16-27(23)24/h4-5,8-14,16,18,26H,6-7,15,17,19-21H2,1-3H3. The predicted molar refractivity (Wildman–Crippen MR) is 149 cm³/mol. The van der Waals surface area contributed by atoms with Crippen LogP contribution in [0, 0.1) is 0 Å². The molecule has 34 heavy (non-hydrogen) atoms. The van der Waals surface area contributed by atoms with E-state index in [9.17, 15) is 4.79 Å². The van der Waals surface area contributed by atoms with Crippen molar-refractivity contribution in [3.63, 3.8) is 0 Å². The summed E-state index contributed by atoms with van der Waals surface area (Å²) in [5.74, 6) is 0. The summed E-state index contributed by atoms with van der Waals surface area (Å²) < 4.78 is 1.03. The molecule has 0 bridgehead atoms. The maximum Gasteiger partial charge on any atom is 0.282 e. The maximum atomic E-state index is 13.2. The second-order valence-electron chi connectivity index (χ2n) is 10.3. The molecule has 1 unspecified atom stereocenters. The summed E-state index contributed by atoms with van der Waals surface area (Å²) in [4.78, 5) is 17.9. The summed E-state index contributed by atoms with van der Waals surface area (Å²) in [7, 11) is 0. The van der Waals surface area contributed by atoms with E-state index < -0.39 is 0 Å². The van der Waals surface area contributed by atoms with Crippen LogP contribution in [0.3, 0.4) is 0 Å². The van der Waals surface area contributed by atoms with Gasteiger partial charge in [0.1, 0.15) is 0 Å². The topological polar surface area (TPSA) is 23.6 Å². The lowest BCUT2D eigenvalue weighted by Gasteiger charge is -2.39. The third-order valence-electron chi connectivity index (χ3n) is 6.29. The van der Waals surface area contributed by atoms with Gasteiger partial charge >= 0.3 is 0 Å². The number of nitrogens with zero attached hydrogens (tertiary/aromatic N) is 2. The summed E-state index contributed by atoms with van der Waals surface area (Å²) in [6, 6.07) is 24.0. The predicted octanol–water partition coefficient (Wildman–Crippen LogP) is 8.11. The fourth-order valence-electron chi connectivity index (χ4n) is 4.80. The maximum absolute atomic E-state index is 13.2. The minimum absolute atomic E-state index is 0.0714. The zero-order chi connectivity index (χ0) is 24.1. The van der Waals surface area contributed by atoms with E-state index in [1.807, 2.05) is 0 Å². The summed E-state index contributed by atoms with van der Waals surface area (Å²) >= 11 is 5.10. The first-order valence-electron chi connectivity index (χ1n) is 12.2. The van der Waals surface area contributed by atoms with Crippen LogP contribution in [0.4, 0.5) is 4.79 Å². The van der Waals surface area contributed by atoms with Crippen molar-refractivity contribution in [2.24, 2.45) is 0 Å². The van der Waals surface area contributed by atoms with Gasteiger partial charge in [0.2, 0.25) is 0 Å². The van der Waals surface area contributed by atoms with E-state index in [1.54, 1.807) is 0 Å². The van der Waals surface area contributed by atoms with Crippen LogP contribution in [0.25, 0.3) is 10.8 Å². The summed E-state index contributed by atoms with van der Waals surface area (Å²) in [6.45, 7) is 9.82. The molecule has 180 valence electrons. The molecule has 4 rings (SSSR count).